The van der Waals surface area contributed by atoms with E-state index in [1.165, 1.54) is 18.7 Å². The summed E-state index contributed by atoms with van der Waals surface area (Å²) in [5.41, 5.74) is 16.9. The number of carbonyl (C=O) groups is 4. The summed E-state index contributed by atoms with van der Waals surface area (Å²) in [5.74, 6) is -2.17. The van der Waals surface area contributed by atoms with Crippen LogP contribution in [0.1, 0.15) is 51.9 Å². The lowest BCUT2D eigenvalue weighted by molar-refractivity contribution is -0.142. The normalized spacial score (nSPS) is 14.7. The molecular weight excluding hydrogens is 436 g/mol. The molecule has 0 saturated carbocycles. The van der Waals surface area contributed by atoms with Crippen molar-refractivity contribution in [2.75, 3.05) is 25.1 Å². The summed E-state index contributed by atoms with van der Waals surface area (Å²) in [6.07, 6.45) is 5.63. The number of nitrogens with two attached hydrogens (primary N) is 3. The number of carboxylic acid groups (broad SMARTS) is 1. The first-order chi connectivity index (χ1) is 15.2. The second kappa shape index (κ2) is 17.6. The Morgan fingerprint density at radius 1 is 0.812 bits per heavy atom. The van der Waals surface area contributed by atoms with E-state index in [9.17, 15) is 24.3 Å². The van der Waals surface area contributed by atoms with Crippen molar-refractivity contribution < 1.29 is 24.3 Å². The zero-order chi connectivity index (χ0) is 24.5. The second-order valence-electron chi connectivity index (χ2n) is 7.65. The van der Waals surface area contributed by atoms with Crippen LogP contribution in [0.4, 0.5) is 0 Å². The van der Waals surface area contributed by atoms with Crippen LogP contribution in [-0.2, 0) is 19.2 Å². The van der Waals surface area contributed by atoms with Crippen molar-refractivity contribution in [2.45, 2.75) is 76.0 Å². The molecule has 0 saturated heterocycles. The van der Waals surface area contributed by atoms with Gasteiger partial charge >= 0.3 is 5.97 Å². The monoisotopic (exact) mass is 476 g/mol. The third kappa shape index (κ3) is 12.8. The number of carbonyl (C=O) groups excluding carboxylic acids is 3. The molecule has 4 atom stereocenters. The lowest BCUT2D eigenvalue weighted by Gasteiger charge is -2.23. The molecule has 10 N–H and O–H groups in total. The fourth-order valence-corrected chi connectivity index (χ4v) is 3.32. The third-order valence-corrected chi connectivity index (χ3v) is 5.51. The van der Waals surface area contributed by atoms with E-state index in [0.717, 1.165) is 6.42 Å². The lowest BCUT2D eigenvalue weighted by Crippen LogP contribution is -2.56. The molecule has 0 spiro atoms. The van der Waals surface area contributed by atoms with Crippen molar-refractivity contribution in [1.82, 2.24) is 16.0 Å². The molecule has 0 rings (SSSR count). The van der Waals surface area contributed by atoms with Gasteiger partial charge in [0.25, 0.3) is 0 Å². The van der Waals surface area contributed by atoms with Gasteiger partial charge in [0, 0.05) is 0 Å². The van der Waals surface area contributed by atoms with Crippen molar-refractivity contribution >= 4 is 35.5 Å². The number of carboxylic acids is 1. The van der Waals surface area contributed by atoms with Crippen molar-refractivity contribution in [2.24, 2.45) is 17.2 Å². The van der Waals surface area contributed by atoms with Gasteiger partial charge in [-0.2, -0.15) is 11.8 Å². The van der Waals surface area contributed by atoms with E-state index in [2.05, 4.69) is 16.0 Å². The van der Waals surface area contributed by atoms with Gasteiger partial charge in [-0.15, -0.1) is 0 Å². The molecule has 3 amide bonds. The molecule has 0 aliphatic rings. The van der Waals surface area contributed by atoms with Crippen LogP contribution >= 0.6 is 11.8 Å². The molecule has 0 aliphatic heterocycles. The molecule has 11 nitrogen and oxygen atoms in total. The average molecular weight is 477 g/mol. The van der Waals surface area contributed by atoms with Gasteiger partial charge in [-0.1, -0.05) is 6.42 Å². The molecule has 0 aromatic carbocycles. The summed E-state index contributed by atoms with van der Waals surface area (Å²) in [5, 5.41) is 16.9. The molecule has 0 fully saturated rings. The highest BCUT2D eigenvalue weighted by Gasteiger charge is 2.27. The largest absolute Gasteiger partial charge is 0.480 e. The smallest absolute Gasteiger partial charge is 0.326 e. The Balaban J connectivity index is 4.97. The fraction of sp³-hybridized carbons (Fsp3) is 0.800. The van der Waals surface area contributed by atoms with Crippen LogP contribution in [0.2, 0.25) is 0 Å². The van der Waals surface area contributed by atoms with Crippen LogP contribution in [0.5, 0.6) is 0 Å². The van der Waals surface area contributed by atoms with Gasteiger partial charge < -0.3 is 38.3 Å². The van der Waals surface area contributed by atoms with Gasteiger partial charge in [0.1, 0.15) is 18.1 Å². The fourth-order valence-electron chi connectivity index (χ4n) is 2.85. The van der Waals surface area contributed by atoms with Crippen molar-refractivity contribution in [3.05, 3.63) is 0 Å². The summed E-state index contributed by atoms with van der Waals surface area (Å²) in [4.78, 5) is 48.9. The van der Waals surface area contributed by atoms with Crippen LogP contribution in [0.15, 0.2) is 0 Å². The number of hydrogen-bond donors (Lipinski definition) is 7. The van der Waals surface area contributed by atoms with E-state index in [1.54, 1.807) is 0 Å². The van der Waals surface area contributed by atoms with E-state index in [0.29, 0.717) is 50.9 Å². The number of thioether (sulfide) groups is 1. The number of rotatable bonds is 18. The van der Waals surface area contributed by atoms with E-state index < -0.39 is 47.9 Å². The molecule has 4 unspecified atom stereocenters. The first-order valence-electron chi connectivity index (χ1n) is 11.0. The van der Waals surface area contributed by atoms with Gasteiger partial charge in [-0.25, -0.2) is 4.79 Å². The zero-order valence-corrected chi connectivity index (χ0v) is 19.9. The molecule has 0 aromatic rings. The SMILES string of the molecule is CSCCC(NC(=O)C(C)NC(=O)C(CCCCN)NC(=O)C(N)CCCCN)C(=O)O. The predicted octanol–water partition coefficient (Wildman–Crippen LogP) is -1.12. The Morgan fingerprint density at radius 3 is 1.91 bits per heavy atom. The number of unbranched alkanes of at least 4 members (excludes halogenated alkanes) is 2. The summed E-state index contributed by atoms with van der Waals surface area (Å²) in [7, 11) is 0. The molecule has 0 heterocycles. The van der Waals surface area contributed by atoms with Crippen LogP contribution < -0.4 is 33.2 Å². The molecule has 0 radical (unpaired) electrons. The van der Waals surface area contributed by atoms with E-state index in [-0.39, 0.29) is 6.42 Å². The van der Waals surface area contributed by atoms with Gasteiger partial charge in [0.15, 0.2) is 0 Å². The molecule has 32 heavy (non-hydrogen) atoms. The zero-order valence-electron chi connectivity index (χ0n) is 19.1. The number of amides is 3. The van der Waals surface area contributed by atoms with Crippen LogP contribution in [0, 0.1) is 0 Å². The minimum absolute atomic E-state index is 0.267. The topological polar surface area (TPSA) is 203 Å². The molecular formula is C20H40N6O5S. The standard InChI is InChI=1S/C20H40N6O5S/c1-13(17(27)26-16(20(30)31)9-12-32-2)24-19(29)15(8-4-6-11-22)25-18(28)14(23)7-3-5-10-21/h13-16H,3-12,21-23H2,1-2H3,(H,24,29)(H,25,28)(H,26,27)(H,30,31). The van der Waals surface area contributed by atoms with E-state index in [1.807, 2.05) is 6.26 Å². The average Bonchev–Trinajstić information content (AvgIpc) is 2.75. The maximum absolute atomic E-state index is 12.7. The second-order valence-corrected chi connectivity index (χ2v) is 8.63. The van der Waals surface area contributed by atoms with Crippen molar-refractivity contribution in [3.63, 3.8) is 0 Å². The van der Waals surface area contributed by atoms with Crippen molar-refractivity contribution in [1.29, 1.82) is 0 Å². The lowest BCUT2D eigenvalue weighted by atomic mass is 10.1. The molecule has 0 bridgehead atoms. The minimum Gasteiger partial charge on any atom is -0.480 e. The Bertz CT molecular complexity index is 595. The van der Waals surface area contributed by atoms with Gasteiger partial charge in [-0.05, 0) is 70.5 Å². The molecule has 0 aromatic heterocycles. The first-order valence-corrected chi connectivity index (χ1v) is 12.4. The van der Waals surface area contributed by atoms with Gasteiger partial charge in [-0.3, -0.25) is 14.4 Å². The van der Waals surface area contributed by atoms with Crippen LogP contribution in [0.3, 0.4) is 0 Å². The first kappa shape index (κ1) is 30.1. The Morgan fingerprint density at radius 2 is 1.38 bits per heavy atom. The maximum atomic E-state index is 12.7. The third-order valence-electron chi connectivity index (χ3n) is 4.86. The van der Waals surface area contributed by atoms with E-state index in [4.69, 9.17) is 17.2 Å². The summed E-state index contributed by atoms with van der Waals surface area (Å²) in [6, 6.07) is -3.66. The quantitative estimate of drug-likeness (QED) is 0.120. The number of nitrogens with one attached hydrogen (secondary N) is 3. The maximum Gasteiger partial charge on any atom is 0.326 e. The number of aliphatic carboxylic acids is 1. The Labute approximate surface area is 194 Å². The van der Waals surface area contributed by atoms with Crippen LogP contribution in [-0.4, -0.2) is 78.1 Å². The van der Waals surface area contributed by atoms with Crippen LogP contribution in [0.25, 0.3) is 0 Å². The van der Waals surface area contributed by atoms with Crippen molar-refractivity contribution in [3.8, 4) is 0 Å². The number of hydrogen-bond acceptors (Lipinski definition) is 8. The minimum atomic E-state index is -1.14. The highest BCUT2D eigenvalue weighted by Crippen LogP contribution is 2.05. The molecule has 186 valence electrons. The summed E-state index contributed by atoms with van der Waals surface area (Å²) >= 11 is 1.47. The Hall–Kier alpha value is -1.89. The van der Waals surface area contributed by atoms with Gasteiger partial charge in [0.2, 0.25) is 17.7 Å². The Kier molecular flexibility index (Phi) is 16.6. The van der Waals surface area contributed by atoms with E-state index >= 15 is 0 Å². The molecule has 0 aliphatic carbocycles. The highest BCUT2D eigenvalue weighted by molar-refractivity contribution is 7.98. The molecule has 12 heteroatoms. The highest BCUT2D eigenvalue weighted by atomic mass is 32.2. The predicted molar refractivity (Wildman–Crippen MR) is 126 cm³/mol. The summed E-state index contributed by atoms with van der Waals surface area (Å²) < 4.78 is 0. The summed E-state index contributed by atoms with van der Waals surface area (Å²) in [6.45, 7) is 2.42. The van der Waals surface area contributed by atoms with Gasteiger partial charge in [0.05, 0.1) is 6.04 Å².